The summed E-state index contributed by atoms with van der Waals surface area (Å²) in [5, 5.41) is 17.1. The molecule has 2 heterocycles. The molecule has 0 spiro atoms. The van der Waals surface area contributed by atoms with E-state index in [1.54, 1.807) is 29.8 Å². The van der Waals surface area contributed by atoms with Crippen molar-refractivity contribution < 1.29 is 14.3 Å². The van der Waals surface area contributed by atoms with Gasteiger partial charge in [0.05, 0.1) is 12.2 Å². The van der Waals surface area contributed by atoms with E-state index in [-0.39, 0.29) is 5.57 Å². The topological polar surface area (TPSA) is 89.2 Å². The number of nitrogens with zero attached hydrogens (tertiary/aromatic N) is 3. The Bertz CT molecular complexity index is 1240. The Kier molecular flexibility index (Phi) is 6.15. The van der Waals surface area contributed by atoms with Gasteiger partial charge >= 0.3 is 0 Å². The zero-order valence-corrected chi connectivity index (χ0v) is 18.4. The van der Waals surface area contributed by atoms with Crippen molar-refractivity contribution in [2.75, 3.05) is 18.5 Å². The van der Waals surface area contributed by atoms with Crippen molar-refractivity contribution in [2.24, 2.45) is 0 Å². The number of aromatic nitrogens is 2. The summed E-state index contributed by atoms with van der Waals surface area (Å²) in [5.74, 6) is 0.618. The molecular weight excluding hydrogens is 428 g/mol. The number of carbonyl (C=O) groups excluding carboxylic acids is 1. The van der Waals surface area contributed by atoms with Gasteiger partial charge in [0.1, 0.15) is 30.0 Å². The number of nitriles is 1. The van der Waals surface area contributed by atoms with Crippen molar-refractivity contribution >= 4 is 29.3 Å². The van der Waals surface area contributed by atoms with Crippen LogP contribution < -0.4 is 14.8 Å². The minimum absolute atomic E-state index is 0.0835. The van der Waals surface area contributed by atoms with Gasteiger partial charge in [0, 0.05) is 17.3 Å². The normalized spacial score (nSPS) is 12.9. The number of fused-ring (bicyclic) bond motifs is 1. The van der Waals surface area contributed by atoms with E-state index in [0.29, 0.717) is 53.4 Å². The number of rotatable bonds is 5. The Balaban J connectivity index is 1.55. The SMILES string of the molecule is Cc1ccc(Cn2nc(C)c(/C=C(\C#N)C(=O)Nc3ccc4c(c3)OCCO4)c2Cl)cc1. The third-order valence-corrected chi connectivity index (χ3v) is 5.41. The molecule has 0 aliphatic carbocycles. The fourth-order valence-corrected chi connectivity index (χ4v) is 3.60. The van der Waals surface area contributed by atoms with Crippen LogP contribution in [0, 0.1) is 25.2 Å². The predicted molar refractivity (Wildman–Crippen MR) is 122 cm³/mol. The lowest BCUT2D eigenvalue weighted by molar-refractivity contribution is -0.112. The second kappa shape index (κ2) is 9.16. The molecule has 7 nitrogen and oxygen atoms in total. The molecule has 3 aromatic rings. The van der Waals surface area contributed by atoms with Crippen LogP contribution in [0.2, 0.25) is 5.15 Å². The number of hydrogen-bond donors (Lipinski definition) is 1. The fraction of sp³-hybridized carbons (Fsp3) is 0.208. The molecule has 2 aromatic carbocycles. The van der Waals surface area contributed by atoms with E-state index >= 15 is 0 Å². The Morgan fingerprint density at radius 1 is 1.19 bits per heavy atom. The average Bonchev–Trinajstić information content (AvgIpc) is 3.05. The molecule has 1 amide bonds. The Labute approximate surface area is 190 Å². The molecule has 0 radical (unpaired) electrons. The maximum absolute atomic E-state index is 12.7. The first-order valence-electron chi connectivity index (χ1n) is 10.1. The van der Waals surface area contributed by atoms with Gasteiger partial charge in [-0.15, -0.1) is 0 Å². The van der Waals surface area contributed by atoms with Crippen LogP contribution in [-0.4, -0.2) is 28.9 Å². The molecule has 0 saturated carbocycles. The number of amides is 1. The van der Waals surface area contributed by atoms with Crippen molar-refractivity contribution in [3.63, 3.8) is 0 Å². The average molecular weight is 449 g/mol. The van der Waals surface area contributed by atoms with Gasteiger partial charge in [-0.3, -0.25) is 4.79 Å². The third-order valence-electron chi connectivity index (χ3n) is 5.02. The van der Waals surface area contributed by atoms with E-state index < -0.39 is 5.91 Å². The van der Waals surface area contributed by atoms with Crippen molar-refractivity contribution in [3.05, 3.63) is 75.6 Å². The smallest absolute Gasteiger partial charge is 0.266 e. The van der Waals surface area contributed by atoms with Crippen LogP contribution >= 0.6 is 11.6 Å². The van der Waals surface area contributed by atoms with Gasteiger partial charge in [0.2, 0.25) is 0 Å². The second-order valence-electron chi connectivity index (χ2n) is 7.42. The number of halogens is 1. The Morgan fingerprint density at radius 3 is 2.62 bits per heavy atom. The molecule has 32 heavy (non-hydrogen) atoms. The molecule has 0 fully saturated rings. The first kappa shape index (κ1) is 21.5. The van der Waals surface area contributed by atoms with Crippen LogP contribution in [0.15, 0.2) is 48.0 Å². The molecule has 0 saturated heterocycles. The minimum Gasteiger partial charge on any atom is -0.486 e. The first-order chi connectivity index (χ1) is 15.4. The van der Waals surface area contributed by atoms with E-state index in [0.717, 1.165) is 5.56 Å². The highest BCUT2D eigenvalue weighted by Crippen LogP contribution is 2.33. The van der Waals surface area contributed by atoms with Crippen LogP contribution in [0.1, 0.15) is 22.4 Å². The standard InChI is InChI=1S/C24H21ClN4O3/c1-15-3-5-17(6-4-15)14-29-23(25)20(16(2)28-29)11-18(13-26)24(30)27-19-7-8-21-22(12-19)32-10-9-31-21/h3-8,11-12H,9-10,14H2,1-2H3,(H,27,30)/b18-11+. The van der Waals surface area contributed by atoms with Gasteiger partial charge in [-0.05, 0) is 37.6 Å². The highest BCUT2D eigenvalue weighted by Gasteiger charge is 2.18. The predicted octanol–water partition coefficient (Wildman–Crippen LogP) is 4.52. The zero-order valence-electron chi connectivity index (χ0n) is 17.7. The maximum atomic E-state index is 12.7. The number of anilines is 1. The molecular formula is C24H21ClN4O3. The quantitative estimate of drug-likeness (QED) is 0.458. The number of ether oxygens (including phenoxy) is 2. The van der Waals surface area contributed by atoms with Gasteiger partial charge in [-0.25, -0.2) is 4.68 Å². The van der Waals surface area contributed by atoms with Gasteiger partial charge in [-0.1, -0.05) is 41.4 Å². The fourth-order valence-electron chi connectivity index (χ4n) is 3.31. The van der Waals surface area contributed by atoms with Crippen LogP contribution in [0.4, 0.5) is 5.69 Å². The van der Waals surface area contributed by atoms with E-state index in [9.17, 15) is 10.1 Å². The molecule has 8 heteroatoms. The zero-order chi connectivity index (χ0) is 22.7. The van der Waals surface area contributed by atoms with Crippen LogP contribution in [0.5, 0.6) is 11.5 Å². The molecule has 4 rings (SSSR count). The summed E-state index contributed by atoms with van der Waals surface area (Å²) < 4.78 is 12.7. The number of carbonyl (C=O) groups is 1. The van der Waals surface area contributed by atoms with Gasteiger partial charge in [-0.2, -0.15) is 10.4 Å². The lowest BCUT2D eigenvalue weighted by atomic mass is 10.1. The van der Waals surface area contributed by atoms with Crippen molar-refractivity contribution in [1.29, 1.82) is 5.26 Å². The number of hydrogen-bond acceptors (Lipinski definition) is 5. The number of benzene rings is 2. The molecule has 162 valence electrons. The van der Waals surface area contributed by atoms with Gasteiger partial charge < -0.3 is 14.8 Å². The van der Waals surface area contributed by atoms with Crippen molar-refractivity contribution in [2.45, 2.75) is 20.4 Å². The second-order valence-corrected chi connectivity index (χ2v) is 7.77. The third kappa shape index (κ3) is 4.61. The van der Waals surface area contributed by atoms with Crippen molar-refractivity contribution in [3.8, 4) is 17.6 Å². The first-order valence-corrected chi connectivity index (χ1v) is 10.4. The molecule has 1 aliphatic heterocycles. The summed E-state index contributed by atoms with van der Waals surface area (Å²) in [6, 6.07) is 15.1. The minimum atomic E-state index is -0.550. The highest BCUT2D eigenvalue weighted by molar-refractivity contribution is 6.31. The lowest BCUT2D eigenvalue weighted by Crippen LogP contribution is -2.17. The maximum Gasteiger partial charge on any atom is 0.266 e. The summed E-state index contributed by atoms with van der Waals surface area (Å²) in [4.78, 5) is 12.7. The van der Waals surface area contributed by atoms with Crippen molar-refractivity contribution in [1.82, 2.24) is 9.78 Å². The van der Waals surface area contributed by atoms with Crippen LogP contribution in [0.25, 0.3) is 6.08 Å². The number of nitrogens with one attached hydrogen (secondary N) is 1. The lowest BCUT2D eigenvalue weighted by Gasteiger charge is -2.18. The number of aryl methyl sites for hydroxylation is 2. The van der Waals surface area contributed by atoms with Gasteiger partial charge in [0.15, 0.2) is 11.5 Å². The van der Waals surface area contributed by atoms with E-state index in [1.165, 1.54) is 11.6 Å². The monoisotopic (exact) mass is 448 g/mol. The largest absolute Gasteiger partial charge is 0.486 e. The summed E-state index contributed by atoms with van der Waals surface area (Å²) in [6.07, 6.45) is 1.46. The van der Waals surface area contributed by atoms with Gasteiger partial charge in [0.25, 0.3) is 5.91 Å². The summed E-state index contributed by atoms with van der Waals surface area (Å²) in [7, 11) is 0. The Hall–Kier alpha value is -3.76. The Morgan fingerprint density at radius 2 is 1.91 bits per heavy atom. The molecule has 0 bridgehead atoms. The molecule has 0 atom stereocenters. The molecule has 0 unspecified atom stereocenters. The van der Waals surface area contributed by atoms with E-state index in [2.05, 4.69) is 10.4 Å². The summed E-state index contributed by atoms with van der Waals surface area (Å²) in [6.45, 7) is 5.23. The molecule has 1 aromatic heterocycles. The molecule has 1 aliphatic rings. The highest BCUT2D eigenvalue weighted by atomic mass is 35.5. The van der Waals surface area contributed by atoms with Crippen LogP contribution in [0.3, 0.4) is 0 Å². The summed E-state index contributed by atoms with van der Waals surface area (Å²) >= 11 is 6.54. The summed E-state index contributed by atoms with van der Waals surface area (Å²) in [5.41, 5.74) is 3.79. The molecule has 1 N–H and O–H groups in total. The van der Waals surface area contributed by atoms with E-state index in [4.69, 9.17) is 21.1 Å². The van der Waals surface area contributed by atoms with E-state index in [1.807, 2.05) is 37.3 Å². The van der Waals surface area contributed by atoms with Crippen LogP contribution in [-0.2, 0) is 11.3 Å².